The standard InChI is InChI=1S/C10H15N5/c1-2-15(7-3-6-11)9-5-4-8(12)10(13)14-9/h4-5H,2-3,7,12H2,1H3,(H2,13,14). The van der Waals surface area contributed by atoms with E-state index < -0.39 is 0 Å². The Morgan fingerprint density at radius 1 is 1.47 bits per heavy atom. The summed E-state index contributed by atoms with van der Waals surface area (Å²) in [6, 6.07) is 5.64. The first-order valence-corrected chi connectivity index (χ1v) is 4.83. The molecule has 0 fully saturated rings. The van der Waals surface area contributed by atoms with Gasteiger partial charge in [0.05, 0.1) is 18.2 Å². The summed E-state index contributed by atoms with van der Waals surface area (Å²) in [5.41, 5.74) is 11.7. The quantitative estimate of drug-likeness (QED) is 0.764. The molecule has 5 nitrogen and oxygen atoms in total. The van der Waals surface area contributed by atoms with E-state index in [1.54, 1.807) is 6.07 Å². The number of hydrogen-bond donors (Lipinski definition) is 2. The molecule has 1 aromatic heterocycles. The van der Waals surface area contributed by atoms with Crippen LogP contribution < -0.4 is 16.4 Å². The average Bonchev–Trinajstić information content (AvgIpc) is 2.24. The summed E-state index contributed by atoms with van der Waals surface area (Å²) in [6.07, 6.45) is 0.472. The zero-order chi connectivity index (χ0) is 11.3. The molecule has 80 valence electrons. The fraction of sp³-hybridized carbons (Fsp3) is 0.400. The van der Waals surface area contributed by atoms with Crippen molar-refractivity contribution in [3.63, 3.8) is 0 Å². The smallest absolute Gasteiger partial charge is 0.149 e. The summed E-state index contributed by atoms with van der Waals surface area (Å²) in [7, 11) is 0. The second kappa shape index (κ2) is 5.05. The van der Waals surface area contributed by atoms with Crippen LogP contribution in [0.15, 0.2) is 12.1 Å². The lowest BCUT2D eigenvalue weighted by Crippen LogP contribution is -2.25. The van der Waals surface area contributed by atoms with E-state index in [1.807, 2.05) is 17.9 Å². The van der Waals surface area contributed by atoms with Crippen molar-refractivity contribution in [3.05, 3.63) is 12.1 Å². The highest BCUT2D eigenvalue weighted by atomic mass is 15.2. The molecular weight excluding hydrogens is 190 g/mol. The molecule has 0 aromatic carbocycles. The van der Waals surface area contributed by atoms with Gasteiger partial charge in [-0.05, 0) is 19.1 Å². The molecule has 0 atom stereocenters. The summed E-state index contributed by atoms with van der Waals surface area (Å²) in [4.78, 5) is 6.15. The molecule has 0 aliphatic rings. The minimum absolute atomic E-state index is 0.336. The lowest BCUT2D eigenvalue weighted by molar-refractivity contribution is 0.812. The van der Waals surface area contributed by atoms with Crippen molar-refractivity contribution in [2.75, 3.05) is 29.5 Å². The number of nitriles is 1. The van der Waals surface area contributed by atoms with E-state index in [4.69, 9.17) is 16.7 Å². The first-order valence-electron chi connectivity index (χ1n) is 4.83. The molecule has 0 aliphatic heterocycles. The Morgan fingerprint density at radius 2 is 2.20 bits per heavy atom. The van der Waals surface area contributed by atoms with Gasteiger partial charge < -0.3 is 16.4 Å². The highest BCUT2D eigenvalue weighted by Crippen LogP contribution is 2.18. The molecule has 0 amide bonds. The van der Waals surface area contributed by atoms with E-state index in [-0.39, 0.29) is 0 Å². The third-order valence-electron chi connectivity index (χ3n) is 2.14. The molecule has 0 radical (unpaired) electrons. The average molecular weight is 205 g/mol. The van der Waals surface area contributed by atoms with Gasteiger partial charge in [-0.1, -0.05) is 0 Å². The fourth-order valence-corrected chi connectivity index (χ4v) is 1.27. The van der Waals surface area contributed by atoms with Crippen LogP contribution in [-0.2, 0) is 0 Å². The Kier molecular flexibility index (Phi) is 3.75. The van der Waals surface area contributed by atoms with Gasteiger partial charge in [0.25, 0.3) is 0 Å². The summed E-state index contributed by atoms with van der Waals surface area (Å²) in [5, 5.41) is 8.51. The maximum absolute atomic E-state index is 8.51. The number of aromatic nitrogens is 1. The van der Waals surface area contributed by atoms with Crippen molar-refractivity contribution < 1.29 is 0 Å². The molecule has 5 heteroatoms. The minimum atomic E-state index is 0.336. The third-order valence-corrected chi connectivity index (χ3v) is 2.14. The highest BCUT2D eigenvalue weighted by molar-refractivity contribution is 5.62. The molecule has 1 aromatic rings. The predicted molar refractivity (Wildman–Crippen MR) is 61.2 cm³/mol. The second-order valence-corrected chi connectivity index (χ2v) is 3.13. The number of rotatable bonds is 4. The number of nitrogens with zero attached hydrogens (tertiary/aromatic N) is 3. The van der Waals surface area contributed by atoms with Gasteiger partial charge in [-0.3, -0.25) is 0 Å². The Bertz CT molecular complexity index is 369. The van der Waals surface area contributed by atoms with Crippen LogP contribution in [0.25, 0.3) is 0 Å². The topological polar surface area (TPSA) is 92.0 Å². The lowest BCUT2D eigenvalue weighted by Gasteiger charge is -2.20. The highest BCUT2D eigenvalue weighted by Gasteiger charge is 2.06. The SMILES string of the molecule is CCN(CCC#N)c1ccc(N)c(N)n1. The Labute approximate surface area is 89.3 Å². The molecule has 0 unspecified atom stereocenters. The number of nitrogens with two attached hydrogens (primary N) is 2. The van der Waals surface area contributed by atoms with Gasteiger partial charge in [-0.2, -0.15) is 5.26 Å². The zero-order valence-corrected chi connectivity index (χ0v) is 8.77. The summed E-state index contributed by atoms with van der Waals surface area (Å²) in [5.74, 6) is 1.10. The van der Waals surface area contributed by atoms with Crippen LogP contribution in [0.5, 0.6) is 0 Å². The number of pyridine rings is 1. The van der Waals surface area contributed by atoms with Crippen molar-refractivity contribution in [2.24, 2.45) is 0 Å². The van der Waals surface area contributed by atoms with Gasteiger partial charge in [-0.25, -0.2) is 4.98 Å². The van der Waals surface area contributed by atoms with Crippen molar-refractivity contribution in [3.8, 4) is 6.07 Å². The van der Waals surface area contributed by atoms with Gasteiger partial charge in [0.2, 0.25) is 0 Å². The molecule has 1 heterocycles. The van der Waals surface area contributed by atoms with Crippen molar-refractivity contribution in [1.82, 2.24) is 4.98 Å². The Morgan fingerprint density at radius 3 is 2.73 bits per heavy atom. The first-order chi connectivity index (χ1) is 7.19. The van der Waals surface area contributed by atoms with E-state index in [0.29, 0.717) is 24.5 Å². The summed E-state index contributed by atoms with van der Waals surface area (Å²) < 4.78 is 0. The maximum atomic E-state index is 8.51. The molecule has 0 aliphatic carbocycles. The molecule has 0 bridgehead atoms. The van der Waals surface area contributed by atoms with E-state index in [9.17, 15) is 0 Å². The van der Waals surface area contributed by atoms with E-state index in [2.05, 4.69) is 11.1 Å². The normalized spacial score (nSPS) is 9.60. The van der Waals surface area contributed by atoms with Crippen LogP contribution in [0.4, 0.5) is 17.3 Å². The number of hydrogen-bond acceptors (Lipinski definition) is 5. The van der Waals surface area contributed by atoms with Crippen molar-refractivity contribution in [1.29, 1.82) is 5.26 Å². The zero-order valence-electron chi connectivity index (χ0n) is 8.77. The number of nitrogen functional groups attached to an aromatic ring is 2. The van der Waals surface area contributed by atoms with Gasteiger partial charge in [-0.15, -0.1) is 0 Å². The molecule has 4 N–H and O–H groups in total. The van der Waals surface area contributed by atoms with Crippen LogP contribution in [-0.4, -0.2) is 18.1 Å². The fourth-order valence-electron chi connectivity index (χ4n) is 1.27. The molecular formula is C10H15N5. The van der Waals surface area contributed by atoms with Crippen LogP contribution in [0.3, 0.4) is 0 Å². The Balaban J connectivity index is 2.83. The van der Waals surface area contributed by atoms with Gasteiger partial charge in [0, 0.05) is 13.1 Å². The molecule has 15 heavy (non-hydrogen) atoms. The van der Waals surface area contributed by atoms with Gasteiger partial charge in [0.1, 0.15) is 11.6 Å². The van der Waals surface area contributed by atoms with Gasteiger partial charge in [0.15, 0.2) is 0 Å². The summed E-state index contributed by atoms with van der Waals surface area (Å²) >= 11 is 0. The van der Waals surface area contributed by atoms with Crippen molar-refractivity contribution >= 4 is 17.3 Å². The second-order valence-electron chi connectivity index (χ2n) is 3.13. The van der Waals surface area contributed by atoms with Crippen LogP contribution in [0, 0.1) is 11.3 Å². The molecule has 0 saturated carbocycles. The first kappa shape index (κ1) is 11.1. The van der Waals surface area contributed by atoms with Crippen LogP contribution >= 0.6 is 0 Å². The molecule has 0 saturated heterocycles. The molecule has 1 rings (SSSR count). The number of anilines is 3. The largest absolute Gasteiger partial charge is 0.396 e. The molecule has 0 spiro atoms. The monoisotopic (exact) mass is 205 g/mol. The maximum Gasteiger partial charge on any atom is 0.149 e. The minimum Gasteiger partial charge on any atom is -0.396 e. The third kappa shape index (κ3) is 2.74. The van der Waals surface area contributed by atoms with Crippen molar-refractivity contribution in [2.45, 2.75) is 13.3 Å². The predicted octanol–water partition coefficient (Wildman–Crippen LogP) is 0.986. The van der Waals surface area contributed by atoms with Crippen LogP contribution in [0.2, 0.25) is 0 Å². The van der Waals surface area contributed by atoms with E-state index >= 15 is 0 Å². The van der Waals surface area contributed by atoms with Gasteiger partial charge >= 0.3 is 0 Å². The Hall–Kier alpha value is -1.96. The van der Waals surface area contributed by atoms with E-state index in [0.717, 1.165) is 12.4 Å². The summed E-state index contributed by atoms with van der Waals surface area (Å²) in [6.45, 7) is 3.45. The lowest BCUT2D eigenvalue weighted by atomic mass is 10.3. The van der Waals surface area contributed by atoms with E-state index in [1.165, 1.54) is 0 Å². The van der Waals surface area contributed by atoms with Crippen LogP contribution in [0.1, 0.15) is 13.3 Å².